The maximum Gasteiger partial charge on any atom is 0.155 e. The number of benzene rings is 2. The van der Waals surface area contributed by atoms with Crippen LogP contribution in [0.2, 0.25) is 0 Å². The summed E-state index contributed by atoms with van der Waals surface area (Å²) in [4.78, 5) is 2.22. The second-order valence-corrected chi connectivity index (χ2v) is 6.65. The van der Waals surface area contributed by atoms with Crippen molar-refractivity contribution in [3.05, 3.63) is 71.8 Å². The predicted molar refractivity (Wildman–Crippen MR) is 97.0 cm³/mol. The topological polar surface area (TPSA) is 47.3 Å². The lowest BCUT2D eigenvalue weighted by Crippen LogP contribution is -2.43. The molecule has 2 aromatic carbocycles. The van der Waals surface area contributed by atoms with E-state index in [2.05, 4.69) is 43.0 Å². The lowest BCUT2D eigenvalue weighted by Gasteiger charge is -2.34. The van der Waals surface area contributed by atoms with E-state index >= 15 is 0 Å². The van der Waals surface area contributed by atoms with Crippen LogP contribution in [0.5, 0.6) is 0 Å². The highest BCUT2D eigenvalue weighted by molar-refractivity contribution is 5.18. The molecule has 2 aromatic rings. The Morgan fingerprint density at radius 2 is 1.38 bits per heavy atom. The fourth-order valence-electron chi connectivity index (χ4n) is 2.97. The van der Waals surface area contributed by atoms with E-state index in [-0.39, 0.29) is 6.04 Å². The molecule has 2 rings (SSSR count). The molecule has 0 fully saturated rings. The van der Waals surface area contributed by atoms with Crippen molar-refractivity contribution in [1.82, 2.24) is 4.90 Å². The molecule has 24 heavy (non-hydrogen) atoms. The van der Waals surface area contributed by atoms with Gasteiger partial charge in [-0.2, -0.15) is 5.26 Å². The molecule has 126 valence electrons. The van der Waals surface area contributed by atoms with Crippen molar-refractivity contribution in [3.63, 3.8) is 0 Å². The van der Waals surface area contributed by atoms with Gasteiger partial charge in [-0.3, -0.25) is 4.90 Å². The van der Waals surface area contributed by atoms with Gasteiger partial charge in [-0.15, -0.1) is 0 Å². The second-order valence-electron chi connectivity index (χ2n) is 6.65. The molecule has 1 N–H and O–H groups in total. The first-order valence-corrected chi connectivity index (χ1v) is 8.49. The molecule has 0 aromatic heterocycles. The Morgan fingerprint density at radius 3 is 1.75 bits per heavy atom. The molecular weight excluding hydrogens is 296 g/mol. The van der Waals surface area contributed by atoms with Crippen LogP contribution in [0.15, 0.2) is 60.7 Å². The van der Waals surface area contributed by atoms with E-state index < -0.39 is 6.10 Å². The molecule has 0 unspecified atom stereocenters. The molecule has 0 radical (unpaired) electrons. The number of hydrogen-bond acceptors (Lipinski definition) is 3. The summed E-state index contributed by atoms with van der Waals surface area (Å²) in [6.45, 7) is 5.68. The SMILES string of the molecule is CC(C)C[C@@H]([C@@H](O)C#N)N(Cc1ccccc1)Cc1ccccc1. The second kappa shape index (κ2) is 9.22. The smallest absolute Gasteiger partial charge is 0.155 e. The first kappa shape index (κ1) is 18.2. The first-order chi connectivity index (χ1) is 11.6. The van der Waals surface area contributed by atoms with E-state index in [1.54, 1.807) is 0 Å². The number of nitriles is 1. The molecular formula is C21H26N2O. The third kappa shape index (κ3) is 5.49. The van der Waals surface area contributed by atoms with Crippen molar-refractivity contribution >= 4 is 0 Å². The van der Waals surface area contributed by atoms with Crippen LogP contribution in [0.1, 0.15) is 31.4 Å². The van der Waals surface area contributed by atoms with E-state index in [4.69, 9.17) is 0 Å². The maximum absolute atomic E-state index is 10.3. The van der Waals surface area contributed by atoms with Crippen LogP contribution in [0.25, 0.3) is 0 Å². The lowest BCUT2D eigenvalue weighted by atomic mass is 9.97. The summed E-state index contributed by atoms with van der Waals surface area (Å²) in [5, 5.41) is 19.6. The van der Waals surface area contributed by atoms with Gasteiger partial charge in [-0.1, -0.05) is 74.5 Å². The van der Waals surface area contributed by atoms with E-state index in [1.165, 1.54) is 11.1 Å². The first-order valence-electron chi connectivity index (χ1n) is 8.49. The summed E-state index contributed by atoms with van der Waals surface area (Å²) in [5.41, 5.74) is 2.37. The average Bonchev–Trinajstić information content (AvgIpc) is 2.60. The third-order valence-corrected chi connectivity index (χ3v) is 4.14. The number of hydrogen-bond donors (Lipinski definition) is 1. The van der Waals surface area contributed by atoms with Gasteiger partial charge < -0.3 is 5.11 Å². The van der Waals surface area contributed by atoms with Gasteiger partial charge >= 0.3 is 0 Å². The minimum Gasteiger partial charge on any atom is -0.376 e. The van der Waals surface area contributed by atoms with Crippen LogP contribution in [-0.4, -0.2) is 22.2 Å². The van der Waals surface area contributed by atoms with E-state index in [0.29, 0.717) is 19.0 Å². The molecule has 0 spiro atoms. The molecule has 0 saturated carbocycles. The molecule has 0 saturated heterocycles. The van der Waals surface area contributed by atoms with Gasteiger partial charge in [-0.05, 0) is 23.5 Å². The van der Waals surface area contributed by atoms with Gasteiger partial charge in [0.05, 0.1) is 6.07 Å². The van der Waals surface area contributed by atoms with Crippen LogP contribution in [0.3, 0.4) is 0 Å². The Bertz CT molecular complexity index is 592. The molecule has 0 amide bonds. The van der Waals surface area contributed by atoms with E-state index in [9.17, 15) is 10.4 Å². The van der Waals surface area contributed by atoms with Gasteiger partial charge in [0.1, 0.15) is 0 Å². The Hall–Kier alpha value is -2.15. The van der Waals surface area contributed by atoms with Crippen LogP contribution in [0, 0.1) is 17.2 Å². The maximum atomic E-state index is 10.3. The van der Waals surface area contributed by atoms with Crippen molar-refractivity contribution in [2.45, 2.75) is 45.5 Å². The minimum absolute atomic E-state index is 0.185. The average molecular weight is 322 g/mol. The molecule has 3 nitrogen and oxygen atoms in total. The molecule has 0 aliphatic carbocycles. The highest BCUT2D eigenvalue weighted by atomic mass is 16.3. The highest BCUT2D eigenvalue weighted by Crippen LogP contribution is 2.21. The summed E-state index contributed by atoms with van der Waals surface area (Å²) in [6.07, 6.45) is -0.200. The quantitative estimate of drug-likeness (QED) is 0.748. The molecule has 3 heteroatoms. The third-order valence-electron chi connectivity index (χ3n) is 4.14. The fraction of sp³-hybridized carbons (Fsp3) is 0.381. The Kier molecular flexibility index (Phi) is 6.99. The van der Waals surface area contributed by atoms with Gasteiger partial charge in [0.25, 0.3) is 0 Å². The zero-order valence-electron chi connectivity index (χ0n) is 14.5. The minimum atomic E-state index is -0.986. The zero-order valence-corrected chi connectivity index (χ0v) is 14.5. The summed E-state index contributed by atoms with van der Waals surface area (Å²) in [5.74, 6) is 0.409. The highest BCUT2D eigenvalue weighted by Gasteiger charge is 2.27. The molecule has 0 aliphatic rings. The van der Waals surface area contributed by atoms with Crippen molar-refractivity contribution in [2.75, 3.05) is 0 Å². The largest absolute Gasteiger partial charge is 0.376 e. The summed E-state index contributed by atoms with van der Waals surface area (Å²) in [6, 6.07) is 22.3. The van der Waals surface area contributed by atoms with Crippen molar-refractivity contribution in [1.29, 1.82) is 5.26 Å². The van der Waals surface area contributed by atoms with Gasteiger partial charge in [0.2, 0.25) is 0 Å². The van der Waals surface area contributed by atoms with E-state index in [1.807, 2.05) is 42.5 Å². The Labute approximate surface area is 145 Å². The standard InChI is InChI=1S/C21H26N2O/c1-17(2)13-20(21(24)14-22)23(15-18-9-5-3-6-10-18)16-19-11-7-4-8-12-19/h3-12,17,20-21,24H,13,15-16H2,1-2H3/t20-,21-/m0/s1. The van der Waals surface area contributed by atoms with Crippen LogP contribution < -0.4 is 0 Å². The van der Waals surface area contributed by atoms with Gasteiger partial charge in [0, 0.05) is 19.1 Å². The number of aliphatic hydroxyl groups excluding tert-OH is 1. The summed E-state index contributed by atoms with van der Waals surface area (Å²) < 4.78 is 0. The number of rotatable bonds is 8. The van der Waals surface area contributed by atoms with Crippen LogP contribution in [-0.2, 0) is 13.1 Å². The Balaban J connectivity index is 2.26. The predicted octanol–water partition coefficient (Wildman–Crippen LogP) is 3.99. The van der Waals surface area contributed by atoms with Crippen LogP contribution in [0.4, 0.5) is 0 Å². The molecule has 0 heterocycles. The van der Waals surface area contributed by atoms with Crippen molar-refractivity contribution < 1.29 is 5.11 Å². The number of aliphatic hydroxyl groups is 1. The molecule has 0 bridgehead atoms. The number of nitrogens with zero attached hydrogens (tertiary/aromatic N) is 2. The Morgan fingerprint density at radius 1 is 0.917 bits per heavy atom. The normalized spacial score (nSPS) is 13.7. The summed E-state index contributed by atoms with van der Waals surface area (Å²) >= 11 is 0. The fourth-order valence-corrected chi connectivity index (χ4v) is 2.97. The molecule has 0 aliphatic heterocycles. The zero-order chi connectivity index (χ0) is 17.4. The van der Waals surface area contributed by atoms with Crippen LogP contribution >= 0.6 is 0 Å². The monoisotopic (exact) mass is 322 g/mol. The lowest BCUT2D eigenvalue weighted by molar-refractivity contribution is 0.0581. The van der Waals surface area contributed by atoms with Crippen molar-refractivity contribution in [2.24, 2.45) is 5.92 Å². The molecule has 2 atom stereocenters. The summed E-state index contributed by atoms with van der Waals surface area (Å²) in [7, 11) is 0. The van der Waals surface area contributed by atoms with Gasteiger partial charge in [-0.25, -0.2) is 0 Å². The van der Waals surface area contributed by atoms with Gasteiger partial charge in [0.15, 0.2) is 6.10 Å². The van der Waals surface area contributed by atoms with E-state index in [0.717, 1.165) is 6.42 Å². The van der Waals surface area contributed by atoms with Crippen molar-refractivity contribution in [3.8, 4) is 6.07 Å².